The van der Waals surface area contributed by atoms with E-state index in [1.54, 1.807) is 7.11 Å². The van der Waals surface area contributed by atoms with E-state index >= 15 is 0 Å². The fourth-order valence-corrected chi connectivity index (χ4v) is 1.18. The zero-order chi connectivity index (χ0) is 11.0. The van der Waals surface area contributed by atoms with Crippen molar-refractivity contribution in [2.24, 2.45) is 5.92 Å². The maximum atomic E-state index is 11.5. The minimum Gasteiger partial charge on any atom is -0.383 e. The van der Waals surface area contributed by atoms with Gasteiger partial charge in [0.25, 0.3) is 0 Å². The van der Waals surface area contributed by atoms with Crippen molar-refractivity contribution in [1.29, 1.82) is 5.26 Å². The standard InChI is InChI=1S/C10H18N2O2/c1-4-5-9(6-11)10(13)12-8(2)7-14-3/h8-9H,4-5,7H2,1-3H3,(H,12,13). The lowest BCUT2D eigenvalue weighted by molar-refractivity contribution is -0.124. The van der Waals surface area contributed by atoms with Gasteiger partial charge in [-0.05, 0) is 13.3 Å². The predicted octanol–water partition coefficient (Wildman–Crippen LogP) is 1.08. The number of nitrogens with zero attached hydrogens (tertiary/aromatic N) is 1. The van der Waals surface area contributed by atoms with E-state index in [1.807, 2.05) is 19.9 Å². The molecule has 0 fully saturated rings. The van der Waals surface area contributed by atoms with Crippen molar-refractivity contribution in [2.75, 3.05) is 13.7 Å². The summed E-state index contributed by atoms with van der Waals surface area (Å²) in [5.41, 5.74) is 0. The lowest BCUT2D eigenvalue weighted by Gasteiger charge is -2.14. The van der Waals surface area contributed by atoms with E-state index in [0.717, 1.165) is 6.42 Å². The van der Waals surface area contributed by atoms with Crippen LogP contribution in [0.3, 0.4) is 0 Å². The molecule has 1 N–H and O–H groups in total. The average Bonchev–Trinajstić information content (AvgIpc) is 2.14. The van der Waals surface area contributed by atoms with Crippen LogP contribution < -0.4 is 5.32 Å². The first-order chi connectivity index (χ1) is 6.65. The molecule has 80 valence electrons. The Morgan fingerprint density at radius 3 is 2.71 bits per heavy atom. The number of carbonyl (C=O) groups excluding carboxylic acids is 1. The fourth-order valence-electron chi connectivity index (χ4n) is 1.18. The van der Waals surface area contributed by atoms with Crippen molar-refractivity contribution in [2.45, 2.75) is 32.7 Å². The van der Waals surface area contributed by atoms with Crippen LogP contribution in [0.15, 0.2) is 0 Å². The van der Waals surface area contributed by atoms with E-state index in [1.165, 1.54) is 0 Å². The Labute approximate surface area is 85.2 Å². The molecule has 1 amide bonds. The number of rotatable bonds is 6. The molecule has 0 aromatic heterocycles. The molecule has 2 atom stereocenters. The van der Waals surface area contributed by atoms with Crippen LogP contribution in [0.1, 0.15) is 26.7 Å². The Hall–Kier alpha value is -1.08. The maximum absolute atomic E-state index is 11.5. The Morgan fingerprint density at radius 1 is 1.64 bits per heavy atom. The molecule has 0 aromatic carbocycles. The fraction of sp³-hybridized carbons (Fsp3) is 0.800. The van der Waals surface area contributed by atoms with Gasteiger partial charge in [-0.25, -0.2) is 0 Å². The molecule has 4 nitrogen and oxygen atoms in total. The zero-order valence-corrected chi connectivity index (χ0v) is 9.04. The topological polar surface area (TPSA) is 62.1 Å². The molecule has 0 bridgehead atoms. The van der Waals surface area contributed by atoms with Gasteiger partial charge in [-0.15, -0.1) is 0 Å². The summed E-state index contributed by atoms with van der Waals surface area (Å²) in [6.45, 7) is 4.27. The molecular weight excluding hydrogens is 180 g/mol. The van der Waals surface area contributed by atoms with Crippen molar-refractivity contribution in [1.82, 2.24) is 5.32 Å². The number of amides is 1. The van der Waals surface area contributed by atoms with Crippen LogP contribution in [0.25, 0.3) is 0 Å². The van der Waals surface area contributed by atoms with E-state index in [-0.39, 0.29) is 11.9 Å². The molecule has 0 aliphatic rings. The van der Waals surface area contributed by atoms with Gasteiger partial charge in [0, 0.05) is 13.2 Å². The summed E-state index contributed by atoms with van der Waals surface area (Å²) < 4.78 is 4.88. The van der Waals surface area contributed by atoms with E-state index < -0.39 is 5.92 Å². The van der Waals surface area contributed by atoms with E-state index in [0.29, 0.717) is 13.0 Å². The Kier molecular flexibility index (Phi) is 6.77. The predicted molar refractivity (Wildman–Crippen MR) is 53.5 cm³/mol. The highest BCUT2D eigenvalue weighted by Gasteiger charge is 2.18. The second-order valence-electron chi connectivity index (χ2n) is 3.34. The van der Waals surface area contributed by atoms with Crippen LogP contribution in [0.2, 0.25) is 0 Å². The molecule has 0 aromatic rings. The minimum atomic E-state index is -0.528. The Balaban J connectivity index is 3.98. The van der Waals surface area contributed by atoms with Gasteiger partial charge in [0.05, 0.1) is 12.7 Å². The highest BCUT2D eigenvalue weighted by atomic mass is 16.5. The van der Waals surface area contributed by atoms with Gasteiger partial charge in [-0.2, -0.15) is 5.26 Å². The lowest BCUT2D eigenvalue weighted by atomic mass is 10.0. The number of hydrogen-bond acceptors (Lipinski definition) is 3. The Morgan fingerprint density at radius 2 is 2.29 bits per heavy atom. The van der Waals surface area contributed by atoms with Gasteiger partial charge in [-0.3, -0.25) is 4.79 Å². The van der Waals surface area contributed by atoms with E-state index in [2.05, 4.69) is 5.32 Å². The lowest BCUT2D eigenvalue weighted by Crippen LogP contribution is -2.39. The highest BCUT2D eigenvalue weighted by molar-refractivity contribution is 5.81. The third-order valence-electron chi connectivity index (χ3n) is 1.86. The molecule has 0 aliphatic heterocycles. The number of ether oxygens (including phenoxy) is 1. The smallest absolute Gasteiger partial charge is 0.237 e. The molecule has 0 saturated carbocycles. The quantitative estimate of drug-likeness (QED) is 0.694. The largest absolute Gasteiger partial charge is 0.383 e. The van der Waals surface area contributed by atoms with Crippen molar-refractivity contribution in [3.05, 3.63) is 0 Å². The van der Waals surface area contributed by atoms with Gasteiger partial charge in [-0.1, -0.05) is 13.3 Å². The molecular formula is C10H18N2O2. The summed E-state index contributed by atoms with van der Waals surface area (Å²) in [6.07, 6.45) is 1.45. The van der Waals surface area contributed by atoms with Gasteiger partial charge in [0.2, 0.25) is 5.91 Å². The number of nitriles is 1. The third kappa shape index (κ3) is 4.83. The number of hydrogen-bond donors (Lipinski definition) is 1. The molecule has 0 spiro atoms. The molecule has 0 saturated heterocycles. The van der Waals surface area contributed by atoms with Crippen LogP contribution in [-0.2, 0) is 9.53 Å². The van der Waals surface area contributed by atoms with Crippen molar-refractivity contribution < 1.29 is 9.53 Å². The first-order valence-electron chi connectivity index (χ1n) is 4.84. The molecule has 0 rings (SSSR count). The summed E-state index contributed by atoms with van der Waals surface area (Å²) in [5.74, 6) is -0.724. The molecule has 4 heteroatoms. The second kappa shape index (κ2) is 7.34. The second-order valence-corrected chi connectivity index (χ2v) is 3.34. The molecule has 0 heterocycles. The zero-order valence-electron chi connectivity index (χ0n) is 9.04. The minimum absolute atomic E-state index is 0.0415. The molecule has 2 unspecified atom stereocenters. The van der Waals surface area contributed by atoms with Crippen LogP contribution in [-0.4, -0.2) is 25.7 Å². The van der Waals surface area contributed by atoms with Gasteiger partial charge < -0.3 is 10.1 Å². The number of nitrogens with one attached hydrogen (secondary N) is 1. The molecule has 14 heavy (non-hydrogen) atoms. The SMILES string of the molecule is CCCC(C#N)C(=O)NC(C)COC. The van der Waals surface area contributed by atoms with Gasteiger partial charge in [0.15, 0.2) is 0 Å². The number of methoxy groups -OCH3 is 1. The summed E-state index contributed by atoms with van der Waals surface area (Å²) in [7, 11) is 1.58. The van der Waals surface area contributed by atoms with Crippen LogP contribution in [0.5, 0.6) is 0 Å². The molecule has 0 aliphatic carbocycles. The first kappa shape index (κ1) is 12.9. The normalized spacial score (nSPS) is 14.1. The average molecular weight is 198 g/mol. The first-order valence-corrected chi connectivity index (χ1v) is 4.84. The summed E-state index contributed by atoms with van der Waals surface area (Å²) in [6, 6.07) is 1.96. The van der Waals surface area contributed by atoms with Crippen molar-refractivity contribution in [3.8, 4) is 6.07 Å². The van der Waals surface area contributed by atoms with Gasteiger partial charge >= 0.3 is 0 Å². The highest BCUT2D eigenvalue weighted by Crippen LogP contribution is 2.05. The summed E-state index contributed by atoms with van der Waals surface area (Å²) >= 11 is 0. The monoisotopic (exact) mass is 198 g/mol. The van der Waals surface area contributed by atoms with Crippen LogP contribution >= 0.6 is 0 Å². The van der Waals surface area contributed by atoms with E-state index in [4.69, 9.17) is 10.00 Å². The van der Waals surface area contributed by atoms with Crippen molar-refractivity contribution >= 4 is 5.91 Å². The molecule has 0 radical (unpaired) electrons. The van der Waals surface area contributed by atoms with E-state index in [9.17, 15) is 4.79 Å². The van der Waals surface area contributed by atoms with Crippen LogP contribution in [0.4, 0.5) is 0 Å². The Bertz CT molecular complexity index is 211. The summed E-state index contributed by atoms with van der Waals surface area (Å²) in [4.78, 5) is 11.5. The van der Waals surface area contributed by atoms with Crippen molar-refractivity contribution in [3.63, 3.8) is 0 Å². The maximum Gasteiger partial charge on any atom is 0.237 e. The van der Waals surface area contributed by atoms with Crippen LogP contribution in [0, 0.1) is 17.2 Å². The number of carbonyl (C=O) groups is 1. The van der Waals surface area contributed by atoms with Gasteiger partial charge in [0.1, 0.15) is 5.92 Å². The summed E-state index contributed by atoms with van der Waals surface area (Å²) in [5, 5.41) is 11.5. The third-order valence-corrected chi connectivity index (χ3v) is 1.86.